The molecule has 8 nitrogen and oxygen atoms in total. The summed E-state index contributed by atoms with van der Waals surface area (Å²) in [6.45, 7) is 0. The standard InChI is InChI=1S/C22H21F3N4O4S/c1-33-18-10-15(9-16(18)20(30)29-21(12-26)5-6-21)34(31,32)19-3-2-13(8-17(19)22(23,24)25)14-4-7-27-28-11-14/h2-4,7-8,11,15-16,18H,5-6,9-10H2,1H3,(H,29,30)/t15-,16-,18-/m0/s1. The first-order valence-electron chi connectivity index (χ1n) is 10.5. The molecule has 1 aromatic carbocycles. The SMILES string of the molecule is CO[C@H]1C[C@@H](S(=O)(=O)c2ccc(-c3ccnnc3)cc2C(F)(F)F)C[C@@H]1C(=O)NC1(C#N)CC1. The number of hydrogen-bond donors (Lipinski definition) is 1. The van der Waals surface area contributed by atoms with Crippen LogP contribution in [0.15, 0.2) is 41.6 Å². The maximum Gasteiger partial charge on any atom is 0.417 e. The van der Waals surface area contributed by atoms with Gasteiger partial charge in [0.05, 0.1) is 46.2 Å². The number of halogens is 3. The second-order valence-electron chi connectivity index (χ2n) is 8.54. The molecule has 0 aliphatic heterocycles. The summed E-state index contributed by atoms with van der Waals surface area (Å²) in [6, 6.07) is 6.50. The summed E-state index contributed by atoms with van der Waals surface area (Å²) in [4.78, 5) is 11.9. The molecule has 3 atom stereocenters. The van der Waals surface area contributed by atoms with Crippen LogP contribution in [0.25, 0.3) is 11.1 Å². The molecule has 1 amide bonds. The molecule has 1 heterocycles. The quantitative estimate of drug-likeness (QED) is 0.655. The average Bonchev–Trinajstić information content (AvgIpc) is 3.44. The van der Waals surface area contributed by atoms with Crippen LogP contribution in [0, 0.1) is 17.2 Å². The summed E-state index contributed by atoms with van der Waals surface area (Å²) in [5, 5.41) is 17.8. The van der Waals surface area contributed by atoms with Gasteiger partial charge in [0, 0.05) is 12.7 Å². The number of ether oxygens (including phenoxy) is 1. The van der Waals surface area contributed by atoms with E-state index in [0.29, 0.717) is 18.4 Å². The Bertz CT molecular complexity index is 1240. The van der Waals surface area contributed by atoms with Crippen molar-refractivity contribution in [3.05, 3.63) is 42.2 Å². The first-order valence-corrected chi connectivity index (χ1v) is 12.0. The highest BCUT2D eigenvalue weighted by molar-refractivity contribution is 7.92. The largest absolute Gasteiger partial charge is 0.417 e. The van der Waals surface area contributed by atoms with E-state index in [2.05, 4.69) is 15.5 Å². The first kappa shape index (κ1) is 24.1. The zero-order valence-corrected chi connectivity index (χ0v) is 18.9. The van der Waals surface area contributed by atoms with Crippen LogP contribution >= 0.6 is 0 Å². The number of nitrogens with zero attached hydrogens (tertiary/aromatic N) is 3. The fraction of sp³-hybridized carbons (Fsp3) is 0.455. The monoisotopic (exact) mass is 494 g/mol. The molecule has 4 rings (SSSR count). The van der Waals surface area contributed by atoms with Crippen molar-refractivity contribution in [1.82, 2.24) is 15.5 Å². The molecule has 2 aromatic rings. The van der Waals surface area contributed by atoms with Crippen molar-refractivity contribution >= 4 is 15.7 Å². The van der Waals surface area contributed by atoms with E-state index in [1.165, 1.54) is 31.6 Å². The molecule has 0 unspecified atom stereocenters. The van der Waals surface area contributed by atoms with Gasteiger partial charge in [-0.1, -0.05) is 6.07 Å². The van der Waals surface area contributed by atoms with E-state index >= 15 is 0 Å². The Balaban J connectivity index is 1.66. The molecule has 0 bridgehead atoms. The van der Waals surface area contributed by atoms with Crippen molar-refractivity contribution in [3.8, 4) is 17.2 Å². The third kappa shape index (κ3) is 4.50. The molecule has 34 heavy (non-hydrogen) atoms. The summed E-state index contributed by atoms with van der Waals surface area (Å²) >= 11 is 0. The van der Waals surface area contributed by atoms with Gasteiger partial charge in [0.25, 0.3) is 0 Å². The normalized spacial score (nSPS) is 23.8. The molecule has 180 valence electrons. The van der Waals surface area contributed by atoms with Crippen LogP contribution in [-0.4, -0.2) is 48.5 Å². The number of aromatic nitrogens is 2. The summed E-state index contributed by atoms with van der Waals surface area (Å²) in [5.74, 6) is -1.42. The minimum absolute atomic E-state index is 0.135. The summed E-state index contributed by atoms with van der Waals surface area (Å²) in [6.07, 6.45) is -2.48. The second-order valence-corrected chi connectivity index (χ2v) is 10.7. The lowest BCUT2D eigenvalue weighted by molar-refractivity contribution is -0.139. The molecule has 2 saturated carbocycles. The van der Waals surface area contributed by atoms with Gasteiger partial charge in [0.1, 0.15) is 5.54 Å². The van der Waals surface area contributed by atoms with Crippen molar-refractivity contribution in [2.75, 3.05) is 7.11 Å². The number of hydrogen-bond acceptors (Lipinski definition) is 7. The third-order valence-corrected chi connectivity index (χ3v) is 8.61. The molecule has 2 aliphatic carbocycles. The fourth-order valence-corrected chi connectivity index (χ4v) is 6.28. The number of methoxy groups -OCH3 is 1. The van der Waals surface area contributed by atoms with E-state index in [4.69, 9.17) is 4.74 Å². The highest BCUT2D eigenvalue weighted by atomic mass is 32.2. The summed E-state index contributed by atoms with van der Waals surface area (Å²) in [5.41, 5.74) is -1.74. The molecular formula is C22H21F3N4O4S. The molecule has 1 N–H and O–H groups in total. The predicted octanol–water partition coefficient (Wildman–Crippen LogP) is 2.90. The van der Waals surface area contributed by atoms with Gasteiger partial charge in [0.2, 0.25) is 5.91 Å². The van der Waals surface area contributed by atoms with Gasteiger partial charge >= 0.3 is 6.18 Å². The van der Waals surface area contributed by atoms with Crippen LogP contribution in [0.1, 0.15) is 31.2 Å². The van der Waals surface area contributed by atoms with Gasteiger partial charge in [-0.25, -0.2) is 8.42 Å². The average molecular weight is 494 g/mol. The smallest absolute Gasteiger partial charge is 0.381 e. The minimum atomic E-state index is -4.93. The highest BCUT2D eigenvalue weighted by Crippen LogP contribution is 2.42. The minimum Gasteiger partial charge on any atom is -0.381 e. The topological polar surface area (TPSA) is 122 Å². The zero-order chi connectivity index (χ0) is 24.7. The molecule has 12 heteroatoms. The van der Waals surface area contributed by atoms with Crippen molar-refractivity contribution in [2.45, 2.75) is 53.6 Å². The highest BCUT2D eigenvalue weighted by Gasteiger charge is 2.51. The number of nitrogens with one attached hydrogen (secondary N) is 1. The van der Waals surface area contributed by atoms with Crippen LogP contribution in [0.5, 0.6) is 0 Å². The van der Waals surface area contributed by atoms with E-state index in [1.54, 1.807) is 0 Å². The number of benzene rings is 1. The predicted molar refractivity (Wildman–Crippen MR) is 113 cm³/mol. The Kier molecular flexibility index (Phi) is 6.12. The van der Waals surface area contributed by atoms with E-state index in [0.717, 1.165) is 12.1 Å². The molecular weight excluding hydrogens is 473 g/mol. The van der Waals surface area contributed by atoms with Crippen molar-refractivity contribution < 1.29 is 31.1 Å². The number of alkyl halides is 3. The Hall–Kier alpha value is -3.04. The van der Waals surface area contributed by atoms with E-state index in [9.17, 15) is 31.6 Å². The van der Waals surface area contributed by atoms with E-state index < -0.39 is 55.2 Å². The number of carbonyl (C=O) groups excluding carboxylic acids is 1. The third-order valence-electron chi connectivity index (χ3n) is 6.37. The molecule has 2 fully saturated rings. The van der Waals surface area contributed by atoms with Gasteiger partial charge in [0.15, 0.2) is 9.84 Å². The zero-order valence-electron chi connectivity index (χ0n) is 18.0. The van der Waals surface area contributed by atoms with Gasteiger partial charge in [-0.05, 0) is 49.4 Å². The fourth-order valence-electron chi connectivity index (χ4n) is 4.28. The Morgan fingerprint density at radius 2 is 1.94 bits per heavy atom. The van der Waals surface area contributed by atoms with Crippen molar-refractivity contribution in [1.29, 1.82) is 5.26 Å². The Morgan fingerprint density at radius 1 is 1.21 bits per heavy atom. The van der Waals surface area contributed by atoms with Crippen LogP contribution < -0.4 is 5.32 Å². The maximum atomic E-state index is 13.9. The Labute approximate surface area is 194 Å². The molecule has 0 radical (unpaired) electrons. The lowest BCUT2D eigenvalue weighted by atomic mass is 10.0. The van der Waals surface area contributed by atoms with Gasteiger partial charge in [-0.15, -0.1) is 0 Å². The van der Waals surface area contributed by atoms with Crippen molar-refractivity contribution in [3.63, 3.8) is 0 Å². The maximum absolute atomic E-state index is 13.9. The lowest BCUT2D eigenvalue weighted by Gasteiger charge is -2.19. The number of nitriles is 1. The number of carbonyl (C=O) groups is 1. The molecule has 0 spiro atoms. The van der Waals surface area contributed by atoms with E-state index in [1.807, 2.05) is 6.07 Å². The molecule has 0 saturated heterocycles. The van der Waals surface area contributed by atoms with Crippen LogP contribution in [0.2, 0.25) is 0 Å². The second kappa shape index (κ2) is 8.63. The van der Waals surface area contributed by atoms with E-state index in [-0.39, 0.29) is 18.4 Å². The van der Waals surface area contributed by atoms with Gasteiger partial charge < -0.3 is 10.1 Å². The number of rotatable bonds is 6. The number of sulfone groups is 1. The van der Waals surface area contributed by atoms with Gasteiger partial charge in [-0.2, -0.15) is 28.6 Å². The van der Waals surface area contributed by atoms with Crippen LogP contribution in [0.4, 0.5) is 13.2 Å². The number of amides is 1. The van der Waals surface area contributed by atoms with Crippen molar-refractivity contribution in [2.24, 2.45) is 5.92 Å². The van der Waals surface area contributed by atoms with Crippen LogP contribution in [0.3, 0.4) is 0 Å². The van der Waals surface area contributed by atoms with Gasteiger partial charge in [-0.3, -0.25) is 4.79 Å². The molecule has 1 aromatic heterocycles. The van der Waals surface area contributed by atoms with Crippen LogP contribution in [-0.2, 0) is 25.5 Å². The lowest BCUT2D eigenvalue weighted by Crippen LogP contribution is -2.42. The summed E-state index contributed by atoms with van der Waals surface area (Å²) < 4.78 is 73.8. The first-order chi connectivity index (χ1) is 16.0. The summed E-state index contributed by atoms with van der Waals surface area (Å²) in [7, 11) is -3.15. The Morgan fingerprint density at radius 3 is 2.50 bits per heavy atom. The molecule has 2 aliphatic rings.